The average Bonchev–Trinajstić information content (AvgIpc) is 3.18. The summed E-state index contributed by atoms with van der Waals surface area (Å²) >= 11 is 0. The number of halogens is 3. The van der Waals surface area contributed by atoms with Crippen LogP contribution in [0.4, 0.5) is 13.2 Å². The van der Waals surface area contributed by atoms with Crippen LogP contribution in [-0.4, -0.2) is 16.7 Å². The maximum absolute atomic E-state index is 12.7. The van der Waals surface area contributed by atoms with Gasteiger partial charge < -0.3 is 14.4 Å². The minimum absolute atomic E-state index is 0.147. The second-order valence-electron chi connectivity index (χ2n) is 6.79. The quantitative estimate of drug-likeness (QED) is 0.487. The molecule has 0 radical (unpaired) electrons. The smallest absolute Gasteiger partial charge is 0.416 e. The first-order valence-electron chi connectivity index (χ1n) is 9.17. The lowest BCUT2D eigenvalue weighted by Gasteiger charge is -2.09. The molecule has 2 N–H and O–H groups in total. The van der Waals surface area contributed by atoms with E-state index in [0.717, 1.165) is 28.8 Å². The van der Waals surface area contributed by atoms with Crippen molar-refractivity contribution in [2.24, 2.45) is 0 Å². The summed E-state index contributed by atoms with van der Waals surface area (Å²) in [5.41, 5.74) is 5.29. The maximum Gasteiger partial charge on any atom is 0.416 e. The highest BCUT2D eigenvalue weighted by atomic mass is 19.4. The summed E-state index contributed by atoms with van der Waals surface area (Å²) in [7, 11) is 0. The molecule has 5 nitrogen and oxygen atoms in total. The number of hydrogen-bond donors (Lipinski definition) is 2. The molecule has 3 aromatic rings. The third-order valence-electron chi connectivity index (χ3n) is 4.40. The van der Waals surface area contributed by atoms with Crippen LogP contribution in [0.25, 0.3) is 17.0 Å². The van der Waals surface area contributed by atoms with Gasteiger partial charge in [-0.15, -0.1) is 0 Å². The van der Waals surface area contributed by atoms with Crippen LogP contribution < -0.4 is 10.2 Å². The van der Waals surface area contributed by atoms with Gasteiger partial charge in [-0.2, -0.15) is 13.2 Å². The molecule has 158 valence electrons. The fourth-order valence-electron chi connectivity index (χ4n) is 2.84. The first kappa shape index (κ1) is 21.6. The van der Waals surface area contributed by atoms with Gasteiger partial charge in [0.25, 0.3) is 0 Å². The number of allylic oxidation sites excluding steroid dienone is 1. The van der Waals surface area contributed by atoms with Crippen molar-refractivity contribution in [2.45, 2.75) is 26.6 Å². The van der Waals surface area contributed by atoms with Crippen LogP contribution in [0.2, 0.25) is 0 Å². The fraction of sp³-hybridized carbons (Fsp3) is 0.227. The monoisotopic (exact) mass is 418 g/mol. The number of hydrogen-bond acceptors (Lipinski definition) is 5. The molecular weight excluding hydrogens is 397 g/mol. The van der Waals surface area contributed by atoms with Gasteiger partial charge in [0.05, 0.1) is 5.56 Å². The molecule has 0 saturated heterocycles. The van der Waals surface area contributed by atoms with Crippen LogP contribution in [0.3, 0.4) is 0 Å². The lowest BCUT2D eigenvalue weighted by molar-refractivity contribution is -0.137. The second-order valence-corrected chi connectivity index (χ2v) is 6.79. The number of rotatable bonds is 7. The Hall–Kier alpha value is -3.10. The van der Waals surface area contributed by atoms with Crippen LogP contribution in [-0.2, 0) is 12.8 Å². The molecule has 0 atom stereocenters. The Bertz CT molecular complexity index is 1020. The van der Waals surface area contributed by atoms with Gasteiger partial charge in [0, 0.05) is 12.1 Å². The van der Waals surface area contributed by atoms with Crippen molar-refractivity contribution in [2.75, 3.05) is 6.54 Å². The molecule has 0 aliphatic carbocycles. The maximum atomic E-state index is 12.7. The van der Waals surface area contributed by atoms with E-state index in [1.165, 1.54) is 18.4 Å². The molecule has 0 unspecified atom stereocenters. The Morgan fingerprint density at radius 1 is 1.20 bits per heavy atom. The van der Waals surface area contributed by atoms with Crippen molar-refractivity contribution < 1.29 is 27.5 Å². The van der Waals surface area contributed by atoms with Gasteiger partial charge in [-0.3, -0.25) is 0 Å². The molecular formula is C22H21F3N2O3. The highest BCUT2D eigenvalue weighted by molar-refractivity contribution is 5.65. The number of oxazole rings is 1. The highest BCUT2D eigenvalue weighted by Gasteiger charge is 2.30. The minimum Gasteiger partial charge on any atom is -0.487 e. The first-order valence-corrected chi connectivity index (χ1v) is 9.17. The predicted octanol–water partition coefficient (Wildman–Crippen LogP) is 5.63. The van der Waals surface area contributed by atoms with E-state index in [1.54, 1.807) is 0 Å². The Kier molecular flexibility index (Phi) is 6.59. The number of nitrogens with zero attached hydrogens (tertiary/aromatic N) is 1. The summed E-state index contributed by atoms with van der Waals surface area (Å²) in [6.45, 7) is 4.37. The zero-order valence-electron chi connectivity index (χ0n) is 16.5. The first-order chi connectivity index (χ1) is 14.3. The summed E-state index contributed by atoms with van der Waals surface area (Å²) < 4.78 is 49.2. The molecule has 0 aliphatic heterocycles. The van der Waals surface area contributed by atoms with E-state index in [-0.39, 0.29) is 12.5 Å². The Morgan fingerprint density at radius 2 is 1.93 bits per heavy atom. The number of alkyl halides is 3. The molecule has 0 saturated carbocycles. The summed E-state index contributed by atoms with van der Waals surface area (Å²) in [5, 5.41) is 8.73. The van der Waals surface area contributed by atoms with Crippen molar-refractivity contribution in [3.8, 4) is 17.2 Å². The van der Waals surface area contributed by atoms with Crippen molar-refractivity contribution in [3.63, 3.8) is 0 Å². The fourth-order valence-corrected chi connectivity index (χ4v) is 2.84. The van der Waals surface area contributed by atoms with Crippen LogP contribution in [0.5, 0.6) is 5.75 Å². The van der Waals surface area contributed by atoms with Gasteiger partial charge in [-0.25, -0.2) is 10.5 Å². The van der Waals surface area contributed by atoms with Crippen LogP contribution in [0, 0.1) is 6.92 Å². The van der Waals surface area contributed by atoms with E-state index in [1.807, 2.05) is 38.1 Å². The second kappa shape index (κ2) is 9.15. The molecule has 1 aromatic heterocycles. The predicted molar refractivity (Wildman–Crippen MR) is 106 cm³/mol. The molecule has 30 heavy (non-hydrogen) atoms. The summed E-state index contributed by atoms with van der Waals surface area (Å²) in [4.78, 5) is 4.29. The number of aryl methyl sites for hydroxylation is 1. The molecule has 0 amide bonds. The molecule has 0 fully saturated rings. The third kappa shape index (κ3) is 5.49. The molecule has 0 spiro atoms. The Balaban J connectivity index is 1.69. The van der Waals surface area contributed by atoms with Gasteiger partial charge in [0.15, 0.2) is 0 Å². The van der Waals surface area contributed by atoms with E-state index in [9.17, 15) is 13.2 Å². The van der Waals surface area contributed by atoms with E-state index < -0.39 is 11.7 Å². The lowest BCUT2D eigenvalue weighted by atomic mass is 10.0. The van der Waals surface area contributed by atoms with Crippen molar-refractivity contribution >= 4 is 5.57 Å². The van der Waals surface area contributed by atoms with Crippen LogP contribution >= 0.6 is 0 Å². The number of benzene rings is 2. The molecule has 2 aromatic carbocycles. The zero-order chi connectivity index (χ0) is 21.7. The van der Waals surface area contributed by atoms with Gasteiger partial charge in [-0.05, 0) is 66.9 Å². The van der Waals surface area contributed by atoms with Gasteiger partial charge in [-0.1, -0.05) is 12.1 Å². The normalized spacial score (nSPS) is 12.3. The largest absolute Gasteiger partial charge is 0.487 e. The summed E-state index contributed by atoms with van der Waals surface area (Å²) in [6, 6.07) is 10.4. The summed E-state index contributed by atoms with van der Waals surface area (Å²) in [6.07, 6.45) is -1.11. The molecule has 3 rings (SSSR count). The highest BCUT2D eigenvalue weighted by Crippen LogP contribution is 2.31. The minimum atomic E-state index is -4.39. The number of nitrogens with one attached hydrogen (secondary N) is 1. The molecule has 8 heteroatoms. The summed E-state index contributed by atoms with van der Waals surface area (Å²) in [5.74, 6) is 0.872. The molecule has 0 aliphatic rings. The standard InChI is InChI=1S/C22H21F3N2O3/c1-14-9-17(15(2)7-8-26-28)11-20(10-14)29-12-19-13-30-21(27-19)16-3-5-18(6-4-16)22(23,24)25/h3-7,9-11,13,26,28H,8,12H2,1-2H3. The van der Waals surface area contributed by atoms with E-state index >= 15 is 0 Å². The average molecular weight is 418 g/mol. The van der Waals surface area contributed by atoms with E-state index in [2.05, 4.69) is 10.5 Å². The number of aromatic nitrogens is 1. The molecule has 1 heterocycles. The van der Waals surface area contributed by atoms with Crippen molar-refractivity contribution in [1.29, 1.82) is 0 Å². The van der Waals surface area contributed by atoms with Gasteiger partial charge in [0.1, 0.15) is 24.3 Å². The lowest BCUT2D eigenvalue weighted by Crippen LogP contribution is -2.05. The number of ether oxygens (including phenoxy) is 1. The Morgan fingerprint density at radius 3 is 2.60 bits per heavy atom. The van der Waals surface area contributed by atoms with E-state index in [4.69, 9.17) is 14.4 Å². The van der Waals surface area contributed by atoms with E-state index in [0.29, 0.717) is 23.6 Å². The van der Waals surface area contributed by atoms with Crippen LogP contribution in [0.15, 0.2) is 59.2 Å². The zero-order valence-corrected chi connectivity index (χ0v) is 16.5. The van der Waals surface area contributed by atoms with Crippen molar-refractivity contribution in [3.05, 3.63) is 77.2 Å². The molecule has 0 bridgehead atoms. The Labute approximate surface area is 171 Å². The van der Waals surface area contributed by atoms with Gasteiger partial charge in [0.2, 0.25) is 5.89 Å². The van der Waals surface area contributed by atoms with Crippen molar-refractivity contribution in [1.82, 2.24) is 10.5 Å². The third-order valence-corrected chi connectivity index (χ3v) is 4.40. The number of hydroxylamine groups is 1. The topological polar surface area (TPSA) is 67.5 Å². The van der Waals surface area contributed by atoms with Gasteiger partial charge >= 0.3 is 6.18 Å². The SMILES string of the molecule is CC(=CCNO)c1cc(C)cc(OCc2coc(-c3ccc(C(F)(F)F)cc3)n2)c1. The van der Waals surface area contributed by atoms with Crippen LogP contribution in [0.1, 0.15) is 29.3 Å².